The van der Waals surface area contributed by atoms with E-state index in [1.807, 2.05) is 0 Å². The third-order valence-corrected chi connectivity index (χ3v) is 2.85. The van der Waals surface area contributed by atoms with Crippen LogP contribution in [0.4, 0.5) is 0 Å². The number of hydrogen-bond acceptors (Lipinski definition) is 3. The Morgan fingerprint density at radius 3 is 2.75 bits per heavy atom. The third kappa shape index (κ3) is 1.92. The van der Waals surface area contributed by atoms with Gasteiger partial charge in [0.15, 0.2) is 14.9 Å². The second-order valence-corrected chi connectivity index (χ2v) is 4.22. The van der Waals surface area contributed by atoms with Crippen LogP contribution in [0.1, 0.15) is 0 Å². The van der Waals surface area contributed by atoms with Crippen molar-refractivity contribution >= 4 is 9.84 Å². The monoisotopic (exact) mass is 183 g/mol. The van der Waals surface area contributed by atoms with E-state index in [4.69, 9.17) is 0 Å². The zero-order valence-electron chi connectivity index (χ0n) is 6.47. The van der Waals surface area contributed by atoms with Crippen LogP contribution in [0.15, 0.2) is 42.1 Å². The Hall–Kier alpha value is -1.16. The van der Waals surface area contributed by atoms with Crippen molar-refractivity contribution in [2.75, 3.05) is 5.75 Å². The standard InChI is InChI=1S/C8H9NO2S/c1-2-7-12(10,11)8-5-3-4-6-9-8/h2-6H,1,7H2. The lowest BCUT2D eigenvalue weighted by atomic mass is 10.5. The molecule has 1 aromatic rings. The van der Waals surface area contributed by atoms with Crippen LogP contribution >= 0.6 is 0 Å². The zero-order valence-corrected chi connectivity index (χ0v) is 7.29. The van der Waals surface area contributed by atoms with Gasteiger partial charge >= 0.3 is 0 Å². The van der Waals surface area contributed by atoms with Crippen LogP contribution in [0.3, 0.4) is 0 Å². The lowest BCUT2D eigenvalue weighted by Gasteiger charge is -1.97. The largest absolute Gasteiger partial charge is 0.245 e. The first-order chi connectivity index (χ1) is 5.67. The van der Waals surface area contributed by atoms with Gasteiger partial charge in [-0.3, -0.25) is 0 Å². The van der Waals surface area contributed by atoms with E-state index in [1.54, 1.807) is 12.1 Å². The topological polar surface area (TPSA) is 47.0 Å². The molecule has 0 aromatic carbocycles. The molecule has 1 rings (SSSR count). The van der Waals surface area contributed by atoms with Crippen molar-refractivity contribution < 1.29 is 8.42 Å². The summed E-state index contributed by atoms with van der Waals surface area (Å²) in [5, 5.41) is 0.102. The van der Waals surface area contributed by atoms with Gasteiger partial charge < -0.3 is 0 Å². The van der Waals surface area contributed by atoms with Crippen LogP contribution in [-0.4, -0.2) is 19.2 Å². The van der Waals surface area contributed by atoms with E-state index in [-0.39, 0.29) is 10.8 Å². The fourth-order valence-corrected chi connectivity index (χ4v) is 1.76. The normalized spacial score (nSPS) is 11.0. The van der Waals surface area contributed by atoms with Crippen molar-refractivity contribution in [3.63, 3.8) is 0 Å². The lowest BCUT2D eigenvalue weighted by Crippen LogP contribution is -2.05. The molecule has 1 aromatic heterocycles. The number of pyridine rings is 1. The second-order valence-electron chi connectivity index (χ2n) is 2.24. The van der Waals surface area contributed by atoms with Crippen LogP contribution in [0, 0.1) is 0 Å². The summed E-state index contributed by atoms with van der Waals surface area (Å²) in [6.45, 7) is 3.36. The quantitative estimate of drug-likeness (QED) is 0.658. The maximum atomic E-state index is 11.3. The maximum Gasteiger partial charge on any atom is 0.199 e. The Labute approximate surface area is 71.7 Å². The van der Waals surface area contributed by atoms with Gasteiger partial charge in [-0.15, -0.1) is 6.58 Å². The number of aromatic nitrogens is 1. The Morgan fingerprint density at radius 1 is 1.50 bits per heavy atom. The van der Waals surface area contributed by atoms with Crippen LogP contribution in [0.2, 0.25) is 0 Å². The summed E-state index contributed by atoms with van der Waals surface area (Å²) in [5.74, 6) is -0.0655. The molecular weight excluding hydrogens is 174 g/mol. The smallest absolute Gasteiger partial charge is 0.199 e. The third-order valence-electron chi connectivity index (χ3n) is 1.29. The minimum absolute atomic E-state index is 0.0655. The van der Waals surface area contributed by atoms with Crippen molar-refractivity contribution in [2.24, 2.45) is 0 Å². The summed E-state index contributed by atoms with van der Waals surface area (Å²) in [7, 11) is -3.24. The zero-order chi connectivity index (χ0) is 9.03. The van der Waals surface area contributed by atoms with Crippen LogP contribution < -0.4 is 0 Å². The molecule has 64 valence electrons. The Kier molecular flexibility index (Phi) is 2.60. The van der Waals surface area contributed by atoms with Crippen LogP contribution in [0.5, 0.6) is 0 Å². The van der Waals surface area contributed by atoms with Crippen LogP contribution in [-0.2, 0) is 9.84 Å². The summed E-state index contributed by atoms with van der Waals surface area (Å²) < 4.78 is 22.6. The fourth-order valence-electron chi connectivity index (χ4n) is 0.772. The van der Waals surface area contributed by atoms with Gasteiger partial charge in [0, 0.05) is 6.20 Å². The predicted octanol–water partition coefficient (Wildman–Crippen LogP) is 1.04. The van der Waals surface area contributed by atoms with E-state index in [9.17, 15) is 8.42 Å². The average molecular weight is 183 g/mol. The van der Waals surface area contributed by atoms with Crippen molar-refractivity contribution in [3.8, 4) is 0 Å². The van der Waals surface area contributed by atoms with E-state index in [1.165, 1.54) is 18.3 Å². The highest BCUT2D eigenvalue weighted by atomic mass is 32.2. The summed E-state index contributed by atoms with van der Waals surface area (Å²) in [6.07, 6.45) is 2.81. The summed E-state index contributed by atoms with van der Waals surface area (Å²) in [5.41, 5.74) is 0. The van der Waals surface area contributed by atoms with E-state index >= 15 is 0 Å². The highest BCUT2D eigenvalue weighted by molar-refractivity contribution is 7.91. The molecule has 0 saturated heterocycles. The first kappa shape index (κ1) is 8.93. The molecule has 3 nitrogen and oxygen atoms in total. The van der Waals surface area contributed by atoms with Gasteiger partial charge in [-0.25, -0.2) is 13.4 Å². The molecule has 4 heteroatoms. The first-order valence-electron chi connectivity index (χ1n) is 3.41. The predicted molar refractivity (Wildman–Crippen MR) is 46.5 cm³/mol. The van der Waals surface area contributed by atoms with Crippen molar-refractivity contribution in [2.45, 2.75) is 5.03 Å². The SMILES string of the molecule is C=CCS(=O)(=O)c1ccccn1. The van der Waals surface area contributed by atoms with Gasteiger partial charge in [0.1, 0.15) is 0 Å². The van der Waals surface area contributed by atoms with E-state index in [2.05, 4.69) is 11.6 Å². The Morgan fingerprint density at radius 2 is 2.25 bits per heavy atom. The molecular formula is C8H9NO2S. The molecule has 0 fully saturated rings. The second kappa shape index (κ2) is 3.49. The highest BCUT2D eigenvalue weighted by Crippen LogP contribution is 2.05. The first-order valence-corrected chi connectivity index (χ1v) is 5.07. The van der Waals surface area contributed by atoms with E-state index in [0.717, 1.165) is 0 Å². The Balaban J connectivity index is 3.07. The molecule has 12 heavy (non-hydrogen) atoms. The van der Waals surface area contributed by atoms with Gasteiger partial charge in [-0.1, -0.05) is 12.1 Å². The minimum Gasteiger partial charge on any atom is -0.245 e. The number of sulfone groups is 1. The van der Waals surface area contributed by atoms with E-state index in [0.29, 0.717) is 0 Å². The molecule has 0 bridgehead atoms. The van der Waals surface area contributed by atoms with Gasteiger partial charge in [-0.05, 0) is 12.1 Å². The molecule has 0 aliphatic heterocycles. The Bertz CT molecular complexity index is 356. The molecule has 0 amide bonds. The molecule has 0 aliphatic carbocycles. The molecule has 0 saturated carbocycles. The van der Waals surface area contributed by atoms with Gasteiger partial charge in [0.25, 0.3) is 0 Å². The van der Waals surface area contributed by atoms with Crippen molar-refractivity contribution in [1.29, 1.82) is 0 Å². The fraction of sp³-hybridized carbons (Fsp3) is 0.125. The molecule has 0 atom stereocenters. The van der Waals surface area contributed by atoms with Gasteiger partial charge in [0.05, 0.1) is 5.75 Å². The summed E-state index contributed by atoms with van der Waals surface area (Å²) >= 11 is 0. The average Bonchev–Trinajstić information content (AvgIpc) is 2.06. The molecule has 0 unspecified atom stereocenters. The summed E-state index contributed by atoms with van der Waals surface area (Å²) in [4.78, 5) is 3.73. The molecule has 0 N–H and O–H groups in total. The maximum absolute atomic E-state index is 11.3. The lowest BCUT2D eigenvalue weighted by molar-refractivity contribution is 0.595. The van der Waals surface area contributed by atoms with E-state index < -0.39 is 9.84 Å². The van der Waals surface area contributed by atoms with Crippen molar-refractivity contribution in [3.05, 3.63) is 37.1 Å². The van der Waals surface area contributed by atoms with Crippen LogP contribution in [0.25, 0.3) is 0 Å². The number of hydrogen-bond donors (Lipinski definition) is 0. The number of rotatable bonds is 3. The van der Waals surface area contributed by atoms with Crippen molar-refractivity contribution in [1.82, 2.24) is 4.98 Å². The number of nitrogens with zero attached hydrogens (tertiary/aromatic N) is 1. The minimum atomic E-state index is -3.24. The van der Waals surface area contributed by atoms with Gasteiger partial charge in [0.2, 0.25) is 0 Å². The van der Waals surface area contributed by atoms with Gasteiger partial charge in [-0.2, -0.15) is 0 Å². The molecule has 1 heterocycles. The molecule has 0 aliphatic rings. The summed E-state index contributed by atoms with van der Waals surface area (Å²) in [6, 6.07) is 4.79. The molecule has 0 radical (unpaired) electrons. The highest BCUT2D eigenvalue weighted by Gasteiger charge is 2.11. The molecule has 0 spiro atoms.